The lowest BCUT2D eigenvalue weighted by Gasteiger charge is -2.37. The molecule has 0 aromatic heterocycles. The van der Waals surface area contributed by atoms with E-state index in [0.717, 1.165) is 30.6 Å². The maximum atomic E-state index is 14.8. The molecule has 2 saturated carbocycles. The lowest BCUT2D eigenvalue weighted by molar-refractivity contribution is 0.124. The number of hydrogen-bond donors (Lipinski definition) is 0. The monoisotopic (exact) mass is 492 g/mol. The van der Waals surface area contributed by atoms with Gasteiger partial charge in [0.1, 0.15) is 0 Å². The van der Waals surface area contributed by atoms with Crippen molar-refractivity contribution in [2.24, 2.45) is 23.7 Å². The summed E-state index contributed by atoms with van der Waals surface area (Å²) < 4.78 is 69.4. The second-order valence-electron chi connectivity index (χ2n) is 10.4. The Hall–Kier alpha value is -2.24. The van der Waals surface area contributed by atoms with Crippen LogP contribution in [0.15, 0.2) is 24.3 Å². The van der Waals surface area contributed by atoms with E-state index in [2.05, 4.69) is 6.92 Å². The first kappa shape index (κ1) is 25.8. The zero-order chi connectivity index (χ0) is 24.9. The fourth-order valence-corrected chi connectivity index (χ4v) is 5.71. The summed E-state index contributed by atoms with van der Waals surface area (Å²) in [5, 5.41) is 0. The molecule has 35 heavy (non-hydrogen) atoms. The molecule has 2 aliphatic rings. The van der Waals surface area contributed by atoms with Gasteiger partial charge in [0.05, 0.1) is 13.2 Å². The molecule has 0 N–H and O–H groups in total. The van der Waals surface area contributed by atoms with Crippen LogP contribution in [0, 0.1) is 46.9 Å². The van der Waals surface area contributed by atoms with E-state index in [9.17, 15) is 17.6 Å². The van der Waals surface area contributed by atoms with Gasteiger partial charge in [-0.05, 0) is 92.9 Å². The molecule has 192 valence electrons. The molecule has 2 aliphatic carbocycles. The fraction of sp³-hybridized carbons (Fsp3) is 0.586. The quantitative estimate of drug-likeness (QED) is 0.343. The minimum absolute atomic E-state index is 0.196. The van der Waals surface area contributed by atoms with Gasteiger partial charge in [0.15, 0.2) is 23.1 Å². The molecule has 0 spiro atoms. The Balaban J connectivity index is 1.36. The van der Waals surface area contributed by atoms with Gasteiger partial charge in [-0.2, -0.15) is 8.78 Å². The predicted molar refractivity (Wildman–Crippen MR) is 130 cm³/mol. The van der Waals surface area contributed by atoms with Crippen molar-refractivity contribution in [3.8, 4) is 22.6 Å². The zero-order valence-corrected chi connectivity index (χ0v) is 20.7. The molecule has 0 bridgehead atoms. The van der Waals surface area contributed by atoms with Gasteiger partial charge >= 0.3 is 0 Å². The van der Waals surface area contributed by atoms with Crippen molar-refractivity contribution in [3.63, 3.8) is 0 Å². The van der Waals surface area contributed by atoms with Gasteiger partial charge < -0.3 is 9.47 Å². The largest absolute Gasteiger partial charge is 0.490 e. The van der Waals surface area contributed by atoms with E-state index in [1.54, 1.807) is 0 Å². The smallest absolute Gasteiger partial charge is 0.201 e. The average molecular weight is 493 g/mol. The van der Waals surface area contributed by atoms with Gasteiger partial charge in [-0.1, -0.05) is 26.7 Å². The van der Waals surface area contributed by atoms with Crippen molar-refractivity contribution >= 4 is 0 Å². The van der Waals surface area contributed by atoms with Crippen LogP contribution in [0.25, 0.3) is 11.1 Å². The third kappa shape index (κ3) is 5.95. The second kappa shape index (κ2) is 11.7. The molecule has 0 aliphatic heterocycles. The Bertz CT molecular complexity index is 993. The molecule has 0 heterocycles. The summed E-state index contributed by atoms with van der Waals surface area (Å²) in [6, 6.07) is 4.96. The molecule has 0 unspecified atom stereocenters. The standard InChI is InChI=1S/C29H36F4O2/c1-3-16-34-24-14-12-22(26(30)28(24)32)23-13-15-25(29(33)27(23)31)35-17-19-6-10-21(11-7-19)20-8-4-18(2)5-9-20/h12-15,18-21H,3-11,16-17H2,1-2H3. The highest BCUT2D eigenvalue weighted by Gasteiger charge is 2.30. The molecular weight excluding hydrogens is 456 g/mol. The van der Waals surface area contributed by atoms with Crippen LogP contribution in [0.1, 0.15) is 71.6 Å². The summed E-state index contributed by atoms with van der Waals surface area (Å²) in [6.07, 6.45) is 10.4. The first-order valence-corrected chi connectivity index (χ1v) is 13.1. The van der Waals surface area contributed by atoms with Crippen molar-refractivity contribution in [1.29, 1.82) is 0 Å². The van der Waals surface area contributed by atoms with Crippen LogP contribution in [-0.4, -0.2) is 13.2 Å². The third-order valence-electron chi connectivity index (χ3n) is 7.94. The van der Waals surface area contributed by atoms with Crippen LogP contribution >= 0.6 is 0 Å². The van der Waals surface area contributed by atoms with Gasteiger partial charge in [-0.3, -0.25) is 0 Å². The molecule has 0 amide bonds. The van der Waals surface area contributed by atoms with Crippen LogP contribution in [0.4, 0.5) is 17.6 Å². The van der Waals surface area contributed by atoms with Crippen molar-refractivity contribution in [3.05, 3.63) is 47.5 Å². The summed E-state index contributed by atoms with van der Waals surface area (Å²) in [6.45, 7) is 4.74. The van der Waals surface area contributed by atoms with E-state index in [4.69, 9.17) is 9.47 Å². The van der Waals surface area contributed by atoms with Crippen molar-refractivity contribution in [2.45, 2.75) is 71.6 Å². The van der Waals surface area contributed by atoms with Crippen LogP contribution < -0.4 is 9.47 Å². The highest BCUT2D eigenvalue weighted by molar-refractivity contribution is 5.67. The first-order chi connectivity index (χ1) is 16.9. The predicted octanol–water partition coefficient (Wildman–Crippen LogP) is 8.71. The molecule has 2 aromatic carbocycles. The highest BCUT2D eigenvalue weighted by atomic mass is 19.2. The van der Waals surface area contributed by atoms with E-state index < -0.39 is 23.3 Å². The van der Waals surface area contributed by atoms with E-state index in [1.807, 2.05) is 6.92 Å². The summed E-state index contributed by atoms with van der Waals surface area (Å²) in [4.78, 5) is 0. The second-order valence-corrected chi connectivity index (χ2v) is 10.4. The fourth-order valence-electron chi connectivity index (χ4n) is 5.71. The number of ether oxygens (including phenoxy) is 2. The van der Waals surface area contributed by atoms with E-state index in [-0.39, 0.29) is 29.2 Å². The minimum atomic E-state index is -1.27. The Morgan fingerprint density at radius 3 is 1.66 bits per heavy atom. The van der Waals surface area contributed by atoms with E-state index in [0.29, 0.717) is 18.9 Å². The summed E-state index contributed by atoms with van der Waals surface area (Å²) in [7, 11) is 0. The summed E-state index contributed by atoms with van der Waals surface area (Å²) in [5.74, 6) is -2.57. The summed E-state index contributed by atoms with van der Waals surface area (Å²) in [5.41, 5.74) is -0.708. The van der Waals surface area contributed by atoms with Gasteiger partial charge in [0.25, 0.3) is 0 Å². The van der Waals surface area contributed by atoms with Crippen LogP contribution in [0.3, 0.4) is 0 Å². The molecule has 6 heteroatoms. The van der Waals surface area contributed by atoms with E-state index >= 15 is 0 Å². The lowest BCUT2D eigenvalue weighted by atomic mass is 9.69. The Morgan fingerprint density at radius 1 is 0.657 bits per heavy atom. The Kier molecular flexibility index (Phi) is 8.61. The SMILES string of the molecule is CCCOc1ccc(-c2ccc(OCC3CCC(C4CCC(C)CC4)CC3)c(F)c2F)c(F)c1F. The molecule has 0 saturated heterocycles. The van der Waals surface area contributed by atoms with Crippen molar-refractivity contribution < 1.29 is 27.0 Å². The van der Waals surface area contributed by atoms with Crippen molar-refractivity contribution in [1.82, 2.24) is 0 Å². The van der Waals surface area contributed by atoms with Gasteiger partial charge in [0, 0.05) is 11.1 Å². The molecule has 2 aromatic rings. The van der Waals surface area contributed by atoms with Gasteiger partial charge in [-0.25, -0.2) is 8.78 Å². The number of hydrogen-bond acceptors (Lipinski definition) is 2. The minimum Gasteiger partial charge on any atom is -0.490 e. The number of rotatable bonds is 8. The Morgan fingerprint density at radius 2 is 1.14 bits per heavy atom. The lowest BCUT2D eigenvalue weighted by Crippen LogP contribution is -2.27. The average Bonchev–Trinajstić information content (AvgIpc) is 2.87. The molecule has 2 nitrogen and oxygen atoms in total. The zero-order valence-electron chi connectivity index (χ0n) is 20.7. The van der Waals surface area contributed by atoms with Crippen molar-refractivity contribution in [2.75, 3.05) is 13.2 Å². The topological polar surface area (TPSA) is 18.5 Å². The van der Waals surface area contributed by atoms with Gasteiger partial charge in [-0.15, -0.1) is 0 Å². The molecule has 2 fully saturated rings. The molecule has 4 rings (SSSR count). The summed E-state index contributed by atoms with van der Waals surface area (Å²) >= 11 is 0. The normalized spacial score (nSPS) is 24.9. The number of benzene rings is 2. The van der Waals surface area contributed by atoms with Crippen LogP contribution in [0.5, 0.6) is 11.5 Å². The van der Waals surface area contributed by atoms with Crippen LogP contribution in [-0.2, 0) is 0 Å². The first-order valence-electron chi connectivity index (χ1n) is 13.1. The molecule has 0 radical (unpaired) electrons. The maximum absolute atomic E-state index is 14.8. The molecule has 0 atom stereocenters. The van der Waals surface area contributed by atoms with E-state index in [1.165, 1.54) is 62.8 Å². The highest BCUT2D eigenvalue weighted by Crippen LogP contribution is 2.41. The third-order valence-corrected chi connectivity index (χ3v) is 7.94. The van der Waals surface area contributed by atoms with Crippen LogP contribution in [0.2, 0.25) is 0 Å². The molecular formula is C29H36F4O2. The maximum Gasteiger partial charge on any atom is 0.201 e. The van der Waals surface area contributed by atoms with Gasteiger partial charge in [0.2, 0.25) is 11.6 Å². The number of halogens is 4. The Labute approximate surface area is 206 Å².